The third-order valence-corrected chi connectivity index (χ3v) is 5.83. The Hall–Kier alpha value is -2.83. The van der Waals surface area contributed by atoms with Gasteiger partial charge in [0, 0.05) is 33.8 Å². The number of phenols is 1. The van der Waals surface area contributed by atoms with Crippen LogP contribution in [0.3, 0.4) is 0 Å². The Morgan fingerprint density at radius 3 is 2.55 bits per heavy atom. The Bertz CT molecular complexity index is 1100. The zero-order chi connectivity index (χ0) is 21.8. The fourth-order valence-corrected chi connectivity index (χ4v) is 4.29. The van der Waals surface area contributed by atoms with E-state index in [1.54, 1.807) is 13.2 Å². The molecule has 3 aromatic carbocycles. The van der Waals surface area contributed by atoms with Crippen LogP contribution in [0.2, 0.25) is 0 Å². The second-order valence-electron chi connectivity index (χ2n) is 7.28. The Balaban J connectivity index is 1.79. The van der Waals surface area contributed by atoms with Crippen molar-refractivity contribution in [3.63, 3.8) is 0 Å². The van der Waals surface area contributed by atoms with Crippen molar-refractivity contribution in [3.05, 3.63) is 87.9 Å². The number of aromatic hydroxyl groups is 1. The highest BCUT2D eigenvalue weighted by Crippen LogP contribution is 2.40. The second kappa shape index (κ2) is 9.54. The monoisotopic (exact) mass is 480 g/mol. The van der Waals surface area contributed by atoms with Gasteiger partial charge in [-0.25, -0.2) is 0 Å². The molecule has 0 aromatic heterocycles. The first kappa shape index (κ1) is 21.4. The van der Waals surface area contributed by atoms with Crippen LogP contribution in [0.5, 0.6) is 17.2 Å². The predicted octanol–water partition coefficient (Wildman–Crippen LogP) is 5.78. The number of para-hydroxylation sites is 2. The fraction of sp³-hybridized carbons (Fsp3) is 0.240. The van der Waals surface area contributed by atoms with E-state index in [2.05, 4.69) is 33.4 Å². The highest BCUT2D eigenvalue weighted by Gasteiger charge is 2.29. The van der Waals surface area contributed by atoms with Crippen molar-refractivity contribution in [2.75, 3.05) is 13.7 Å². The highest BCUT2D eigenvalue weighted by molar-refractivity contribution is 9.10. The van der Waals surface area contributed by atoms with Crippen molar-refractivity contribution < 1.29 is 14.6 Å². The number of nitrogens with one attached hydrogen (secondary N) is 1. The SMILES string of the molecule is CCOc1cccc([C@@H]2CC(c3cccc(Br)c3)=N[C@@H](c3ccccc3OC)N2)c1O. The number of rotatable bonds is 6. The highest BCUT2D eigenvalue weighted by atomic mass is 79.9. The molecule has 1 aliphatic rings. The average Bonchev–Trinajstić information content (AvgIpc) is 2.80. The summed E-state index contributed by atoms with van der Waals surface area (Å²) in [6, 6.07) is 21.5. The van der Waals surface area contributed by atoms with Crippen molar-refractivity contribution in [1.82, 2.24) is 5.32 Å². The third kappa shape index (κ3) is 4.60. The number of benzene rings is 3. The molecule has 0 amide bonds. The molecule has 5 nitrogen and oxygen atoms in total. The van der Waals surface area contributed by atoms with Gasteiger partial charge in [-0.3, -0.25) is 10.3 Å². The number of hydrogen-bond acceptors (Lipinski definition) is 5. The summed E-state index contributed by atoms with van der Waals surface area (Å²) < 4.78 is 12.2. The van der Waals surface area contributed by atoms with E-state index in [0.717, 1.165) is 32.6 Å². The maximum absolute atomic E-state index is 10.9. The molecule has 4 rings (SSSR count). The van der Waals surface area contributed by atoms with Gasteiger partial charge in [-0.15, -0.1) is 0 Å². The van der Waals surface area contributed by atoms with Gasteiger partial charge in [-0.05, 0) is 36.8 Å². The van der Waals surface area contributed by atoms with Gasteiger partial charge >= 0.3 is 0 Å². The molecule has 1 aliphatic heterocycles. The molecule has 6 heteroatoms. The zero-order valence-electron chi connectivity index (χ0n) is 17.5. The summed E-state index contributed by atoms with van der Waals surface area (Å²) in [4.78, 5) is 5.03. The maximum atomic E-state index is 10.9. The maximum Gasteiger partial charge on any atom is 0.162 e. The van der Waals surface area contributed by atoms with E-state index in [0.29, 0.717) is 18.8 Å². The molecule has 0 radical (unpaired) electrons. The third-order valence-electron chi connectivity index (χ3n) is 5.34. The van der Waals surface area contributed by atoms with E-state index in [9.17, 15) is 5.11 Å². The number of halogens is 1. The summed E-state index contributed by atoms with van der Waals surface area (Å²) in [5.74, 6) is 1.42. The quantitative estimate of drug-likeness (QED) is 0.468. The van der Waals surface area contributed by atoms with E-state index in [4.69, 9.17) is 14.5 Å². The molecular formula is C25H25BrN2O3. The topological polar surface area (TPSA) is 63.1 Å². The minimum Gasteiger partial charge on any atom is -0.504 e. The van der Waals surface area contributed by atoms with Gasteiger partial charge in [0.15, 0.2) is 11.5 Å². The summed E-state index contributed by atoms with van der Waals surface area (Å²) >= 11 is 3.56. The van der Waals surface area contributed by atoms with Gasteiger partial charge in [0.1, 0.15) is 11.9 Å². The van der Waals surface area contributed by atoms with E-state index < -0.39 is 0 Å². The van der Waals surface area contributed by atoms with Crippen LogP contribution < -0.4 is 14.8 Å². The van der Waals surface area contributed by atoms with Crippen LogP contribution in [0, 0.1) is 0 Å². The molecule has 0 spiro atoms. The summed E-state index contributed by atoms with van der Waals surface area (Å²) in [5, 5.41) is 14.5. The summed E-state index contributed by atoms with van der Waals surface area (Å²) in [6.45, 7) is 2.39. The van der Waals surface area contributed by atoms with Gasteiger partial charge in [0.25, 0.3) is 0 Å². The molecule has 160 valence electrons. The van der Waals surface area contributed by atoms with Crippen LogP contribution in [0.4, 0.5) is 0 Å². The largest absolute Gasteiger partial charge is 0.504 e. The lowest BCUT2D eigenvalue weighted by Gasteiger charge is -2.31. The molecule has 0 bridgehead atoms. The molecule has 1 heterocycles. The predicted molar refractivity (Wildman–Crippen MR) is 126 cm³/mol. The van der Waals surface area contributed by atoms with Crippen molar-refractivity contribution in [3.8, 4) is 17.2 Å². The van der Waals surface area contributed by atoms with Crippen LogP contribution >= 0.6 is 15.9 Å². The Kier molecular flexibility index (Phi) is 6.59. The zero-order valence-corrected chi connectivity index (χ0v) is 19.1. The first-order valence-corrected chi connectivity index (χ1v) is 11.1. The molecule has 0 saturated heterocycles. The standard InChI is InChI=1S/C25H25BrN2O3/c1-3-31-23-13-7-11-18(24(23)29)21-15-20(16-8-6-9-17(26)14-16)27-25(28-21)19-10-4-5-12-22(19)30-2/h4-14,21,25,28-29H,3,15H2,1-2H3/t21-,25+/m0/s1. The molecule has 0 aliphatic carbocycles. The van der Waals surface area contributed by atoms with Crippen molar-refractivity contribution in [2.24, 2.45) is 4.99 Å². The smallest absolute Gasteiger partial charge is 0.162 e. The Morgan fingerprint density at radius 2 is 1.77 bits per heavy atom. The van der Waals surface area contributed by atoms with Gasteiger partial charge in [0.2, 0.25) is 0 Å². The van der Waals surface area contributed by atoms with Crippen molar-refractivity contribution in [2.45, 2.75) is 25.6 Å². The Morgan fingerprint density at radius 1 is 1.03 bits per heavy atom. The lowest BCUT2D eigenvalue weighted by molar-refractivity contribution is 0.313. The number of ether oxygens (including phenoxy) is 2. The molecule has 3 aromatic rings. The first-order chi connectivity index (χ1) is 15.1. The van der Waals surface area contributed by atoms with E-state index >= 15 is 0 Å². The van der Waals surface area contributed by atoms with Crippen LogP contribution in [-0.4, -0.2) is 24.5 Å². The van der Waals surface area contributed by atoms with Crippen molar-refractivity contribution in [1.29, 1.82) is 0 Å². The van der Waals surface area contributed by atoms with E-state index in [-0.39, 0.29) is 18.0 Å². The molecule has 2 N–H and O–H groups in total. The van der Waals surface area contributed by atoms with Gasteiger partial charge in [-0.1, -0.05) is 58.4 Å². The Labute approximate surface area is 190 Å². The number of aliphatic imine (C=N–C) groups is 1. The normalized spacial score (nSPS) is 18.4. The number of hydrogen-bond donors (Lipinski definition) is 2. The first-order valence-electron chi connectivity index (χ1n) is 10.3. The number of nitrogens with zero attached hydrogens (tertiary/aromatic N) is 1. The van der Waals surface area contributed by atoms with E-state index in [1.807, 2.05) is 55.5 Å². The van der Waals surface area contributed by atoms with Gasteiger partial charge in [-0.2, -0.15) is 0 Å². The second-order valence-corrected chi connectivity index (χ2v) is 8.20. The summed E-state index contributed by atoms with van der Waals surface area (Å²) in [7, 11) is 1.66. The molecule has 0 saturated carbocycles. The molecule has 0 fully saturated rings. The van der Waals surface area contributed by atoms with Crippen LogP contribution in [0.25, 0.3) is 0 Å². The minimum absolute atomic E-state index is 0.151. The lowest BCUT2D eigenvalue weighted by Crippen LogP contribution is -2.33. The minimum atomic E-state index is -0.320. The van der Waals surface area contributed by atoms with Crippen LogP contribution in [0.15, 0.2) is 76.2 Å². The van der Waals surface area contributed by atoms with Crippen LogP contribution in [-0.2, 0) is 0 Å². The molecule has 31 heavy (non-hydrogen) atoms. The lowest BCUT2D eigenvalue weighted by atomic mass is 9.93. The fourth-order valence-electron chi connectivity index (χ4n) is 3.89. The van der Waals surface area contributed by atoms with E-state index in [1.165, 1.54) is 0 Å². The van der Waals surface area contributed by atoms with Gasteiger partial charge < -0.3 is 14.6 Å². The molecular weight excluding hydrogens is 456 g/mol. The average molecular weight is 481 g/mol. The number of phenolic OH excluding ortho intramolecular Hbond substituents is 1. The molecule has 0 unspecified atom stereocenters. The number of methoxy groups -OCH3 is 1. The molecule has 2 atom stereocenters. The van der Waals surface area contributed by atoms with Crippen LogP contribution in [0.1, 0.15) is 42.2 Å². The summed E-state index contributed by atoms with van der Waals surface area (Å²) in [6.07, 6.45) is 0.310. The van der Waals surface area contributed by atoms with Gasteiger partial charge in [0.05, 0.1) is 13.7 Å². The summed E-state index contributed by atoms with van der Waals surface area (Å²) in [5.41, 5.74) is 3.74. The van der Waals surface area contributed by atoms with Crippen molar-refractivity contribution >= 4 is 21.6 Å².